The molecule has 0 fully saturated rings. The van der Waals surface area contributed by atoms with Gasteiger partial charge >= 0.3 is 0 Å². The van der Waals surface area contributed by atoms with Gasteiger partial charge in [-0.1, -0.05) is 33.6 Å². The quantitative estimate of drug-likeness (QED) is 0.532. The van der Waals surface area contributed by atoms with Gasteiger partial charge in [0.05, 0.1) is 0 Å². The van der Waals surface area contributed by atoms with E-state index < -0.39 is 0 Å². The molecule has 0 spiro atoms. The molecule has 0 radical (unpaired) electrons. The highest BCUT2D eigenvalue weighted by molar-refractivity contribution is 6.17. The Hall–Kier alpha value is -0.760. The van der Waals surface area contributed by atoms with E-state index in [1.54, 1.807) is 0 Å². The second-order valence-corrected chi connectivity index (χ2v) is 5.44. The number of rotatable bonds is 7. The molecule has 2 nitrogen and oxygen atoms in total. The summed E-state index contributed by atoms with van der Waals surface area (Å²) in [5.41, 5.74) is 2.29. The predicted molar refractivity (Wildman–Crippen MR) is 80.7 cm³/mol. The number of halogens is 1. The fourth-order valence-electron chi connectivity index (χ4n) is 1.88. The maximum absolute atomic E-state index is 5.96. The Labute approximate surface area is 116 Å². The van der Waals surface area contributed by atoms with Gasteiger partial charge in [-0.15, -0.1) is 11.6 Å². The highest BCUT2D eigenvalue weighted by Gasteiger charge is 2.09. The summed E-state index contributed by atoms with van der Waals surface area (Å²) in [6.07, 6.45) is 3.74. The van der Waals surface area contributed by atoms with E-state index in [0.29, 0.717) is 11.8 Å². The molecule has 0 amide bonds. The highest BCUT2D eigenvalue weighted by atomic mass is 35.5. The molecular formula is C15H25ClN2. The summed E-state index contributed by atoms with van der Waals surface area (Å²) in [4.78, 5) is 6.96. The van der Waals surface area contributed by atoms with Crippen LogP contribution in [-0.4, -0.2) is 18.6 Å². The van der Waals surface area contributed by atoms with E-state index in [1.165, 1.54) is 19.3 Å². The van der Waals surface area contributed by atoms with E-state index in [-0.39, 0.29) is 0 Å². The Morgan fingerprint density at radius 2 is 2.00 bits per heavy atom. The fourth-order valence-corrected chi connectivity index (χ4v) is 2.03. The molecule has 1 aromatic rings. The van der Waals surface area contributed by atoms with E-state index in [4.69, 9.17) is 16.6 Å². The van der Waals surface area contributed by atoms with Crippen molar-refractivity contribution in [3.05, 3.63) is 23.4 Å². The maximum atomic E-state index is 5.96. The second-order valence-electron chi connectivity index (χ2n) is 5.18. The van der Waals surface area contributed by atoms with Gasteiger partial charge in [0.1, 0.15) is 5.82 Å². The van der Waals surface area contributed by atoms with Crippen LogP contribution in [0.25, 0.3) is 0 Å². The molecule has 0 unspecified atom stereocenters. The van der Waals surface area contributed by atoms with Gasteiger partial charge in [0.25, 0.3) is 0 Å². The molecule has 0 aliphatic rings. The largest absolute Gasteiger partial charge is 0.360 e. The maximum Gasteiger partial charge on any atom is 0.128 e. The second kappa shape index (κ2) is 7.63. The Morgan fingerprint density at radius 3 is 2.56 bits per heavy atom. The van der Waals surface area contributed by atoms with Crippen LogP contribution in [-0.2, 0) is 5.88 Å². The summed E-state index contributed by atoms with van der Waals surface area (Å²) in [6, 6.07) is 4.21. The number of hydrogen-bond donors (Lipinski definition) is 0. The normalized spacial score (nSPS) is 11.0. The SMILES string of the molecule is CCCCCN(C)c1cc(CCl)cc(C(C)C)n1. The molecule has 0 atom stereocenters. The van der Waals surface area contributed by atoms with Crippen LogP contribution in [0.15, 0.2) is 12.1 Å². The first kappa shape index (κ1) is 15.3. The zero-order chi connectivity index (χ0) is 13.5. The van der Waals surface area contributed by atoms with Gasteiger partial charge in [-0.2, -0.15) is 0 Å². The lowest BCUT2D eigenvalue weighted by Crippen LogP contribution is -2.20. The number of alkyl halides is 1. The first-order chi connectivity index (χ1) is 8.58. The fraction of sp³-hybridized carbons (Fsp3) is 0.667. The molecule has 0 aliphatic carbocycles. The monoisotopic (exact) mass is 268 g/mol. The standard InChI is InChI=1S/C15H25ClN2/c1-5-6-7-8-18(4)15-10-13(11-16)9-14(17-15)12(2)3/h9-10,12H,5-8,11H2,1-4H3. The van der Waals surface area contributed by atoms with Crippen molar-refractivity contribution >= 4 is 17.4 Å². The molecule has 0 bridgehead atoms. The molecule has 1 heterocycles. The number of anilines is 1. The first-order valence-electron chi connectivity index (χ1n) is 6.86. The molecule has 0 aliphatic heterocycles. The third-order valence-corrected chi connectivity index (χ3v) is 3.43. The minimum Gasteiger partial charge on any atom is -0.360 e. The van der Waals surface area contributed by atoms with Gasteiger partial charge in [0.2, 0.25) is 0 Å². The summed E-state index contributed by atoms with van der Waals surface area (Å²) in [5, 5.41) is 0. The average Bonchev–Trinajstić information content (AvgIpc) is 2.38. The van der Waals surface area contributed by atoms with Gasteiger partial charge in [0, 0.05) is 25.2 Å². The molecule has 18 heavy (non-hydrogen) atoms. The summed E-state index contributed by atoms with van der Waals surface area (Å²) < 4.78 is 0. The molecule has 1 aromatic heterocycles. The molecule has 0 N–H and O–H groups in total. The van der Waals surface area contributed by atoms with Gasteiger partial charge in [0.15, 0.2) is 0 Å². The first-order valence-corrected chi connectivity index (χ1v) is 7.39. The zero-order valence-corrected chi connectivity index (χ0v) is 12.8. The van der Waals surface area contributed by atoms with Crippen LogP contribution in [0.5, 0.6) is 0 Å². The summed E-state index contributed by atoms with van der Waals surface area (Å²) in [7, 11) is 2.11. The van der Waals surface area contributed by atoms with Crippen LogP contribution in [0.1, 0.15) is 57.2 Å². The zero-order valence-electron chi connectivity index (χ0n) is 12.0. The van der Waals surface area contributed by atoms with Gasteiger partial charge < -0.3 is 4.90 Å². The van der Waals surface area contributed by atoms with Crippen molar-refractivity contribution in [1.29, 1.82) is 0 Å². The van der Waals surface area contributed by atoms with Crippen molar-refractivity contribution in [2.75, 3.05) is 18.5 Å². The smallest absolute Gasteiger partial charge is 0.128 e. The number of nitrogens with zero attached hydrogens (tertiary/aromatic N) is 2. The van der Waals surface area contributed by atoms with E-state index in [9.17, 15) is 0 Å². The van der Waals surface area contributed by atoms with Crippen LogP contribution < -0.4 is 4.90 Å². The van der Waals surface area contributed by atoms with Crippen molar-refractivity contribution in [2.45, 2.75) is 51.8 Å². The highest BCUT2D eigenvalue weighted by Crippen LogP contribution is 2.21. The molecule has 0 aromatic carbocycles. The van der Waals surface area contributed by atoms with Gasteiger partial charge in [-0.25, -0.2) is 4.98 Å². The van der Waals surface area contributed by atoms with Crippen LogP contribution in [0.2, 0.25) is 0 Å². The Balaban J connectivity index is 2.82. The molecular weight excluding hydrogens is 244 g/mol. The predicted octanol–water partition coefficient (Wildman–Crippen LogP) is 4.57. The van der Waals surface area contributed by atoms with E-state index in [2.05, 4.69) is 44.9 Å². The molecule has 0 saturated carbocycles. The van der Waals surface area contributed by atoms with Gasteiger partial charge in [-0.3, -0.25) is 0 Å². The Kier molecular flexibility index (Phi) is 6.48. The van der Waals surface area contributed by atoms with Crippen LogP contribution in [0, 0.1) is 0 Å². The summed E-state index contributed by atoms with van der Waals surface area (Å²) in [5.74, 6) is 2.04. The number of aromatic nitrogens is 1. The van der Waals surface area contributed by atoms with Crippen molar-refractivity contribution in [2.24, 2.45) is 0 Å². The van der Waals surface area contributed by atoms with Crippen LogP contribution in [0.3, 0.4) is 0 Å². The lowest BCUT2D eigenvalue weighted by Gasteiger charge is -2.20. The lowest BCUT2D eigenvalue weighted by molar-refractivity contribution is 0.698. The lowest BCUT2D eigenvalue weighted by atomic mass is 10.1. The van der Waals surface area contributed by atoms with Crippen molar-refractivity contribution in [1.82, 2.24) is 4.98 Å². The topological polar surface area (TPSA) is 16.1 Å². The summed E-state index contributed by atoms with van der Waals surface area (Å²) >= 11 is 5.96. The molecule has 1 rings (SSSR count). The Morgan fingerprint density at radius 1 is 1.28 bits per heavy atom. The minimum absolute atomic E-state index is 0.441. The number of hydrogen-bond acceptors (Lipinski definition) is 2. The van der Waals surface area contributed by atoms with E-state index >= 15 is 0 Å². The average molecular weight is 269 g/mol. The van der Waals surface area contributed by atoms with E-state index in [1.807, 2.05) is 0 Å². The van der Waals surface area contributed by atoms with E-state index in [0.717, 1.165) is 23.6 Å². The van der Waals surface area contributed by atoms with Crippen molar-refractivity contribution < 1.29 is 0 Å². The van der Waals surface area contributed by atoms with Crippen molar-refractivity contribution in [3.8, 4) is 0 Å². The third-order valence-electron chi connectivity index (χ3n) is 3.13. The molecule has 102 valence electrons. The van der Waals surface area contributed by atoms with Crippen molar-refractivity contribution in [3.63, 3.8) is 0 Å². The number of unbranched alkanes of at least 4 members (excludes halogenated alkanes) is 2. The molecule has 0 saturated heterocycles. The number of pyridine rings is 1. The minimum atomic E-state index is 0.441. The van der Waals surface area contributed by atoms with Crippen LogP contribution in [0.4, 0.5) is 5.82 Å². The molecule has 3 heteroatoms. The summed E-state index contributed by atoms with van der Waals surface area (Å²) in [6.45, 7) is 7.62. The van der Waals surface area contributed by atoms with Gasteiger partial charge in [-0.05, 0) is 30.0 Å². The van der Waals surface area contributed by atoms with Crippen LogP contribution >= 0.6 is 11.6 Å². The Bertz CT molecular complexity index is 364. The third kappa shape index (κ3) is 4.49.